The quantitative estimate of drug-likeness (QED) is 0.644. The van der Waals surface area contributed by atoms with Crippen molar-refractivity contribution in [2.75, 3.05) is 24.3 Å². The fourth-order valence-electron chi connectivity index (χ4n) is 2.35. The standard InChI is InChI=1S/C14H21N3OS/c1-10-8-11(16-15)4-5-12(10)13(18)17-6-7-19-14(2,3)9-17/h4-5,8,16H,6-7,9,15H2,1-3H3. The number of carbonyl (C=O) groups excluding carboxylic acids is 1. The van der Waals surface area contributed by atoms with Crippen LogP contribution in [0.3, 0.4) is 0 Å². The number of nitrogens with two attached hydrogens (primary N) is 1. The van der Waals surface area contributed by atoms with Crippen LogP contribution in [0.25, 0.3) is 0 Å². The number of nitrogen functional groups attached to an aromatic ring is 1. The summed E-state index contributed by atoms with van der Waals surface area (Å²) in [5.41, 5.74) is 5.14. The minimum atomic E-state index is 0.120. The first-order chi connectivity index (χ1) is 8.93. The monoisotopic (exact) mass is 279 g/mol. The number of hydrazine groups is 1. The summed E-state index contributed by atoms with van der Waals surface area (Å²) in [5, 5.41) is 0. The van der Waals surface area contributed by atoms with E-state index in [0.29, 0.717) is 0 Å². The molecule has 1 aliphatic rings. The second-order valence-electron chi connectivity index (χ2n) is 5.51. The minimum absolute atomic E-state index is 0.120. The number of amides is 1. The Hall–Kier alpha value is -1.20. The third-order valence-corrected chi connectivity index (χ3v) is 4.63. The molecule has 1 aliphatic heterocycles. The van der Waals surface area contributed by atoms with E-state index in [1.54, 1.807) is 0 Å². The molecule has 1 aromatic rings. The van der Waals surface area contributed by atoms with Crippen LogP contribution >= 0.6 is 11.8 Å². The lowest BCUT2D eigenvalue weighted by Crippen LogP contribution is -2.46. The zero-order valence-corrected chi connectivity index (χ0v) is 12.5. The first-order valence-electron chi connectivity index (χ1n) is 6.43. The van der Waals surface area contributed by atoms with Crippen LogP contribution in [-0.4, -0.2) is 34.4 Å². The van der Waals surface area contributed by atoms with E-state index in [-0.39, 0.29) is 10.7 Å². The molecule has 104 valence electrons. The number of carbonyl (C=O) groups is 1. The number of thioether (sulfide) groups is 1. The normalized spacial score (nSPS) is 18.2. The lowest BCUT2D eigenvalue weighted by molar-refractivity contribution is 0.0747. The second-order valence-corrected chi connectivity index (χ2v) is 7.31. The zero-order valence-electron chi connectivity index (χ0n) is 11.7. The van der Waals surface area contributed by atoms with Crippen molar-refractivity contribution >= 4 is 23.4 Å². The summed E-state index contributed by atoms with van der Waals surface area (Å²) in [5.74, 6) is 6.50. The second kappa shape index (κ2) is 5.43. The third-order valence-electron chi connectivity index (χ3n) is 3.34. The average Bonchev–Trinajstić information content (AvgIpc) is 2.36. The molecule has 4 nitrogen and oxygen atoms in total. The summed E-state index contributed by atoms with van der Waals surface area (Å²) in [7, 11) is 0. The van der Waals surface area contributed by atoms with E-state index in [1.807, 2.05) is 41.8 Å². The topological polar surface area (TPSA) is 58.4 Å². The predicted octanol–water partition coefficient (Wildman–Crippen LogP) is 2.25. The number of benzene rings is 1. The summed E-state index contributed by atoms with van der Waals surface area (Å²) in [6, 6.07) is 5.59. The maximum Gasteiger partial charge on any atom is 0.254 e. The summed E-state index contributed by atoms with van der Waals surface area (Å²) in [6.45, 7) is 7.94. The van der Waals surface area contributed by atoms with Crippen molar-refractivity contribution in [2.24, 2.45) is 5.84 Å². The van der Waals surface area contributed by atoms with Gasteiger partial charge in [0.1, 0.15) is 0 Å². The van der Waals surface area contributed by atoms with Crippen molar-refractivity contribution in [3.63, 3.8) is 0 Å². The minimum Gasteiger partial charge on any atom is -0.336 e. The molecule has 0 radical (unpaired) electrons. The molecule has 0 bridgehead atoms. The van der Waals surface area contributed by atoms with E-state index in [1.165, 1.54) is 0 Å². The molecule has 0 saturated carbocycles. The first-order valence-corrected chi connectivity index (χ1v) is 7.42. The summed E-state index contributed by atoms with van der Waals surface area (Å²) >= 11 is 1.93. The van der Waals surface area contributed by atoms with E-state index in [2.05, 4.69) is 19.3 Å². The predicted molar refractivity (Wildman–Crippen MR) is 81.4 cm³/mol. The van der Waals surface area contributed by atoms with Gasteiger partial charge in [0, 0.05) is 34.8 Å². The molecule has 0 aromatic heterocycles. The van der Waals surface area contributed by atoms with Crippen molar-refractivity contribution in [1.29, 1.82) is 0 Å². The Kier molecular flexibility index (Phi) is 4.06. The van der Waals surface area contributed by atoms with Crippen LogP contribution in [0.4, 0.5) is 5.69 Å². The van der Waals surface area contributed by atoms with Gasteiger partial charge in [-0.15, -0.1) is 0 Å². The van der Waals surface area contributed by atoms with Gasteiger partial charge >= 0.3 is 0 Å². The van der Waals surface area contributed by atoms with Gasteiger partial charge in [-0.1, -0.05) is 0 Å². The van der Waals surface area contributed by atoms with Gasteiger partial charge in [0.2, 0.25) is 0 Å². The molecule has 0 unspecified atom stereocenters. The van der Waals surface area contributed by atoms with Crippen LogP contribution in [0.2, 0.25) is 0 Å². The van der Waals surface area contributed by atoms with Gasteiger partial charge < -0.3 is 10.3 Å². The van der Waals surface area contributed by atoms with Gasteiger partial charge in [-0.05, 0) is 44.5 Å². The van der Waals surface area contributed by atoms with Gasteiger partial charge in [0.25, 0.3) is 5.91 Å². The Morgan fingerprint density at radius 3 is 2.79 bits per heavy atom. The van der Waals surface area contributed by atoms with Crippen LogP contribution in [-0.2, 0) is 0 Å². The van der Waals surface area contributed by atoms with Crippen LogP contribution in [0.1, 0.15) is 29.8 Å². The molecular weight excluding hydrogens is 258 g/mol. The number of hydrogen-bond donors (Lipinski definition) is 2. The van der Waals surface area contributed by atoms with E-state index in [4.69, 9.17) is 5.84 Å². The van der Waals surface area contributed by atoms with Crippen molar-refractivity contribution in [1.82, 2.24) is 4.90 Å². The fourth-order valence-corrected chi connectivity index (χ4v) is 3.46. The molecular formula is C14H21N3OS. The molecule has 1 heterocycles. The molecule has 1 amide bonds. The highest BCUT2D eigenvalue weighted by Crippen LogP contribution is 2.30. The maximum absolute atomic E-state index is 12.6. The first kappa shape index (κ1) is 14.2. The highest BCUT2D eigenvalue weighted by molar-refractivity contribution is 8.00. The van der Waals surface area contributed by atoms with Crippen LogP contribution in [0.15, 0.2) is 18.2 Å². The Balaban J connectivity index is 2.20. The third kappa shape index (κ3) is 3.22. The summed E-state index contributed by atoms with van der Waals surface area (Å²) in [6.07, 6.45) is 0. The van der Waals surface area contributed by atoms with E-state index >= 15 is 0 Å². The van der Waals surface area contributed by atoms with Gasteiger partial charge in [-0.2, -0.15) is 11.8 Å². The molecule has 1 saturated heterocycles. The summed E-state index contributed by atoms with van der Waals surface area (Å²) in [4.78, 5) is 14.5. The Bertz CT molecular complexity index is 488. The van der Waals surface area contributed by atoms with E-state index in [0.717, 1.165) is 35.7 Å². The fraction of sp³-hybridized carbons (Fsp3) is 0.500. The Morgan fingerprint density at radius 1 is 1.47 bits per heavy atom. The molecule has 0 aliphatic carbocycles. The van der Waals surface area contributed by atoms with Crippen molar-refractivity contribution < 1.29 is 4.79 Å². The van der Waals surface area contributed by atoms with E-state index in [9.17, 15) is 4.79 Å². The highest BCUT2D eigenvalue weighted by Gasteiger charge is 2.30. The number of nitrogens with zero attached hydrogens (tertiary/aromatic N) is 1. The number of rotatable bonds is 2. The lowest BCUT2D eigenvalue weighted by Gasteiger charge is -2.37. The van der Waals surface area contributed by atoms with Crippen LogP contribution < -0.4 is 11.3 Å². The lowest BCUT2D eigenvalue weighted by atomic mass is 10.1. The maximum atomic E-state index is 12.6. The number of nitrogens with one attached hydrogen (secondary N) is 1. The Labute approximate surface area is 118 Å². The molecule has 5 heteroatoms. The largest absolute Gasteiger partial charge is 0.336 e. The van der Waals surface area contributed by atoms with Gasteiger partial charge in [0.05, 0.1) is 0 Å². The Morgan fingerprint density at radius 2 is 2.21 bits per heavy atom. The molecule has 0 atom stereocenters. The average molecular weight is 279 g/mol. The molecule has 2 rings (SSSR count). The van der Waals surface area contributed by atoms with Gasteiger partial charge in [-0.25, -0.2) is 0 Å². The van der Waals surface area contributed by atoms with Crippen LogP contribution in [0.5, 0.6) is 0 Å². The molecule has 1 aromatic carbocycles. The SMILES string of the molecule is Cc1cc(NN)ccc1C(=O)N1CCSC(C)(C)C1. The number of aryl methyl sites for hydroxylation is 1. The molecule has 3 N–H and O–H groups in total. The number of hydrogen-bond acceptors (Lipinski definition) is 4. The van der Waals surface area contributed by atoms with Gasteiger partial charge in [-0.3, -0.25) is 10.6 Å². The number of anilines is 1. The molecule has 19 heavy (non-hydrogen) atoms. The van der Waals surface area contributed by atoms with Crippen molar-refractivity contribution in [2.45, 2.75) is 25.5 Å². The molecule has 0 spiro atoms. The van der Waals surface area contributed by atoms with Gasteiger partial charge in [0.15, 0.2) is 0 Å². The van der Waals surface area contributed by atoms with Crippen LogP contribution in [0, 0.1) is 6.92 Å². The zero-order chi connectivity index (χ0) is 14.0. The molecule has 1 fully saturated rings. The summed E-state index contributed by atoms with van der Waals surface area (Å²) < 4.78 is 0.139. The smallest absolute Gasteiger partial charge is 0.254 e. The highest BCUT2D eigenvalue weighted by atomic mass is 32.2. The van der Waals surface area contributed by atoms with Crippen molar-refractivity contribution in [3.05, 3.63) is 29.3 Å². The van der Waals surface area contributed by atoms with E-state index < -0.39 is 0 Å². The van der Waals surface area contributed by atoms with Crippen molar-refractivity contribution in [3.8, 4) is 0 Å².